The first-order valence-electron chi connectivity index (χ1n) is 5.37. The zero-order chi connectivity index (χ0) is 12.1. The third-order valence-corrected chi connectivity index (χ3v) is 2.70. The fraction of sp³-hybridized carbons (Fsp3) is 0.143. The lowest BCUT2D eigenvalue weighted by Crippen LogP contribution is -2.01. The van der Waals surface area contributed by atoms with Gasteiger partial charge in [-0.25, -0.2) is 4.39 Å². The van der Waals surface area contributed by atoms with Crippen molar-refractivity contribution < 1.29 is 9.13 Å². The molecule has 0 spiro atoms. The quantitative estimate of drug-likeness (QED) is 0.794. The van der Waals surface area contributed by atoms with E-state index in [1.54, 1.807) is 6.07 Å². The standard InChI is InChI=1S/C14H12ClFO/c15-13-7-6-12(10-14(13)16)17-9-8-11-4-2-1-3-5-11/h1-7,10H,8-9H2. The van der Waals surface area contributed by atoms with Gasteiger partial charge in [-0.1, -0.05) is 41.9 Å². The van der Waals surface area contributed by atoms with Crippen LogP contribution in [0.5, 0.6) is 5.75 Å². The first-order valence-corrected chi connectivity index (χ1v) is 5.75. The van der Waals surface area contributed by atoms with Crippen LogP contribution in [0.4, 0.5) is 4.39 Å². The predicted molar refractivity (Wildman–Crippen MR) is 67.1 cm³/mol. The van der Waals surface area contributed by atoms with Gasteiger partial charge in [0.05, 0.1) is 11.6 Å². The van der Waals surface area contributed by atoms with Crippen LogP contribution in [0.25, 0.3) is 0 Å². The highest BCUT2D eigenvalue weighted by Crippen LogP contribution is 2.20. The Kier molecular flexibility index (Phi) is 3.99. The number of hydrogen-bond donors (Lipinski definition) is 0. The third kappa shape index (κ3) is 3.46. The van der Waals surface area contributed by atoms with E-state index in [1.807, 2.05) is 30.3 Å². The Balaban J connectivity index is 1.88. The fourth-order valence-corrected chi connectivity index (χ4v) is 1.62. The summed E-state index contributed by atoms with van der Waals surface area (Å²) in [6.07, 6.45) is 0.797. The maximum absolute atomic E-state index is 13.1. The van der Waals surface area contributed by atoms with Crippen LogP contribution < -0.4 is 4.74 Å². The summed E-state index contributed by atoms with van der Waals surface area (Å²) in [5.41, 5.74) is 1.20. The monoisotopic (exact) mass is 250 g/mol. The second-order valence-electron chi connectivity index (χ2n) is 3.66. The van der Waals surface area contributed by atoms with Gasteiger partial charge in [-0.15, -0.1) is 0 Å². The normalized spacial score (nSPS) is 10.2. The van der Waals surface area contributed by atoms with Gasteiger partial charge in [0, 0.05) is 12.5 Å². The van der Waals surface area contributed by atoms with Crippen molar-refractivity contribution in [1.29, 1.82) is 0 Å². The van der Waals surface area contributed by atoms with Gasteiger partial charge in [0.15, 0.2) is 0 Å². The summed E-state index contributed by atoms with van der Waals surface area (Å²) in [4.78, 5) is 0. The summed E-state index contributed by atoms with van der Waals surface area (Å²) in [5, 5.41) is 0.111. The first-order chi connectivity index (χ1) is 8.25. The van der Waals surface area contributed by atoms with Crippen LogP contribution in [0, 0.1) is 5.82 Å². The van der Waals surface area contributed by atoms with Gasteiger partial charge in [-0.3, -0.25) is 0 Å². The van der Waals surface area contributed by atoms with Crippen molar-refractivity contribution in [2.75, 3.05) is 6.61 Å². The van der Waals surface area contributed by atoms with Gasteiger partial charge in [0.2, 0.25) is 0 Å². The minimum Gasteiger partial charge on any atom is -0.493 e. The second-order valence-corrected chi connectivity index (χ2v) is 4.07. The van der Waals surface area contributed by atoms with Gasteiger partial charge in [-0.2, -0.15) is 0 Å². The Labute approximate surface area is 105 Å². The lowest BCUT2D eigenvalue weighted by Gasteiger charge is -2.06. The Morgan fingerprint density at radius 3 is 2.53 bits per heavy atom. The molecule has 0 unspecified atom stereocenters. The van der Waals surface area contributed by atoms with Gasteiger partial charge in [0.25, 0.3) is 0 Å². The lowest BCUT2D eigenvalue weighted by atomic mass is 10.2. The molecule has 0 radical (unpaired) electrons. The van der Waals surface area contributed by atoms with E-state index >= 15 is 0 Å². The van der Waals surface area contributed by atoms with E-state index in [0.717, 1.165) is 6.42 Å². The van der Waals surface area contributed by atoms with Crippen molar-refractivity contribution in [3.8, 4) is 5.75 Å². The van der Waals surface area contributed by atoms with E-state index in [1.165, 1.54) is 17.7 Å². The molecule has 2 rings (SSSR count). The molecule has 0 aromatic heterocycles. The molecular formula is C14H12ClFO. The maximum atomic E-state index is 13.1. The SMILES string of the molecule is Fc1cc(OCCc2ccccc2)ccc1Cl. The minimum absolute atomic E-state index is 0.111. The van der Waals surface area contributed by atoms with Crippen molar-refractivity contribution in [1.82, 2.24) is 0 Å². The topological polar surface area (TPSA) is 9.23 Å². The van der Waals surface area contributed by atoms with E-state index in [0.29, 0.717) is 12.4 Å². The molecule has 3 heteroatoms. The summed E-state index contributed by atoms with van der Waals surface area (Å²) in [6.45, 7) is 0.519. The molecule has 2 aromatic carbocycles. The van der Waals surface area contributed by atoms with Crippen molar-refractivity contribution in [3.63, 3.8) is 0 Å². The van der Waals surface area contributed by atoms with Gasteiger partial charge >= 0.3 is 0 Å². The Morgan fingerprint density at radius 2 is 1.82 bits per heavy atom. The van der Waals surface area contributed by atoms with Crippen LogP contribution in [-0.4, -0.2) is 6.61 Å². The fourth-order valence-electron chi connectivity index (χ4n) is 1.50. The molecule has 0 aliphatic rings. The van der Waals surface area contributed by atoms with Crippen LogP contribution in [-0.2, 0) is 6.42 Å². The molecule has 2 aromatic rings. The summed E-state index contributed by atoms with van der Waals surface area (Å²) < 4.78 is 18.6. The Bertz CT molecular complexity index is 485. The largest absolute Gasteiger partial charge is 0.493 e. The van der Waals surface area contributed by atoms with Crippen molar-refractivity contribution in [3.05, 3.63) is 64.9 Å². The van der Waals surface area contributed by atoms with Crippen molar-refractivity contribution in [2.24, 2.45) is 0 Å². The third-order valence-electron chi connectivity index (χ3n) is 2.39. The average Bonchev–Trinajstić information content (AvgIpc) is 2.35. The number of hydrogen-bond acceptors (Lipinski definition) is 1. The number of halogens is 2. The van der Waals surface area contributed by atoms with Gasteiger partial charge in [-0.05, 0) is 17.7 Å². The molecule has 0 aliphatic heterocycles. The molecule has 0 bridgehead atoms. The smallest absolute Gasteiger partial charge is 0.145 e. The van der Waals surface area contributed by atoms with Crippen LogP contribution in [0.3, 0.4) is 0 Å². The van der Waals surface area contributed by atoms with Crippen molar-refractivity contribution in [2.45, 2.75) is 6.42 Å². The second kappa shape index (κ2) is 5.69. The molecule has 1 nitrogen and oxygen atoms in total. The zero-order valence-corrected chi connectivity index (χ0v) is 9.95. The zero-order valence-electron chi connectivity index (χ0n) is 9.20. The van der Waals surface area contributed by atoms with Gasteiger partial charge < -0.3 is 4.74 Å². The molecule has 0 heterocycles. The summed E-state index contributed by atoms with van der Waals surface area (Å²) in [6, 6.07) is 14.5. The van der Waals surface area contributed by atoms with Crippen LogP contribution in [0.2, 0.25) is 5.02 Å². The molecule has 0 atom stereocenters. The van der Waals surface area contributed by atoms with Crippen molar-refractivity contribution >= 4 is 11.6 Å². The molecule has 17 heavy (non-hydrogen) atoms. The minimum atomic E-state index is -0.455. The predicted octanol–water partition coefficient (Wildman–Crippen LogP) is 4.10. The average molecular weight is 251 g/mol. The van der Waals surface area contributed by atoms with E-state index < -0.39 is 5.82 Å². The highest BCUT2D eigenvalue weighted by molar-refractivity contribution is 6.30. The molecular weight excluding hydrogens is 239 g/mol. The number of benzene rings is 2. The van der Waals surface area contributed by atoms with Gasteiger partial charge in [0.1, 0.15) is 11.6 Å². The van der Waals surface area contributed by atoms with E-state index in [4.69, 9.17) is 16.3 Å². The molecule has 0 amide bonds. The van der Waals surface area contributed by atoms with E-state index in [-0.39, 0.29) is 5.02 Å². The van der Waals surface area contributed by atoms with Crippen LogP contribution >= 0.6 is 11.6 Å². The molecule has 0 aliphatic carbocycles. The highest BCUT2D eigenvalue weighted by atomic mass is 35.5. The molecule has 0 saturated heterocycles. The summed E-state index contributed by atoms with van der Waals surface area (Å²) >= 11 is 5.58. The van der Waals surface area contributed by atoms with Crippen LogP contribution in [0.1, 0.15) is 5.56 Å². The molecule has 0 saturated carbocycles. The molecule has 0 fully saturated rings. The summed E-state index contributed by atoms with van der Waals surface area (Å²) in [5.74, 6) is 0.0479. The van der Waals surface area contributed by atoms with E-state index in [2.05, 4.69) is 0 Å². The summed E-state index contributed by atoms with van der Waals surface area (Å²) in [7, 11) is 0. The maximum Gasteiger partial charge on any atom is 0.145 e. The highest BCUT2D eigenvalue weighted by Gasteiger charge is 2.01. The number of ether oxygens (including phenoxy) is 1. The molecule has 0 N–H and O–H groups in total. The molecule has 88 valence electrons. The number of rotatable bonds is 4. The Hall–Kier alpha value is -1.54. The Morgan fingerprint density at radius 1 is 1.06 bits per heavy atom. The van der Waals surface area contributed by atoms with E-state index in [9.17, 15) is 4.39 Å². The first kappa shape index (κ1) is 11.9. The lowest BCUT2D eigenvalue weighted by molar-refractivity contribution is 0.320. The van der Waals surface area contributed by atoms with Crippen LogP contribution in [0.15, 0.2) is 48.5 Å².